The van der Waals surface area contributed by atoms with Crippen LogP contribution >= 0.6 is 15.9 Å². The molecule has 0 aliphatic heterocycles. The molecule has 0 aliphatic carbocycles. The summed E-state index contributed by atoms with van der Waals surface area (Å²) < 4.78 is 26.7. The largest absolute Gasteiger partial charge is 0.326 e. The summed E-state index contributed by atoms with van der Waals surface area (Å²) in [5, 5.41) is 0. The second kappa shape index (κ2) is 6.41. The molecule has 0 amide bonds. The van der Waals surface area contributed by atoms with Gasteiger partial charge in [-0.1, -0.05) is 34.1 Å². The average Bonchev–Trinajstić information content (AvgIpc) is 2.41. The fraction of sp³-hybridized carbons (Fsp3) is 0.143. The van der Waals surface area contributed by atoms with Crippen LogP contribution in [0.5, 0.6) is 0 Å². The molecular weight excluding hydrogens is 329 g/mol. The molecule has 2 aromatic carbocycles. The van der Waals surface area contributed by atoms with Crippen molar-refractivity contribution in [2.24, 2.45) is 5.73 Å². The smallest absolute Gasteiger partial charge is 0.127 e. The Bertz CT molecular complexity index is 618. The Balaban J connectivity index is 2.23. The van der Waals surface area contributed by atoms with Crippen molar-refractivity contribution in [1.82, 2.24) is 0 Å². The Labute approximate surface area is 122 Å². The molecule has 0 spiro atoms. The van der Waals surface area contributed by atoms with Gasteiger partial charge < -0.3 is 5.73 Å². The van der Waals surface area contributed by atoms with E-state index in [4.69, 9.17) is 5.73 Å². The first-order valence-electron chi connectivity index (χ1n) is 5.71. The monoisotopic (exact) mass is 341 g/mol. The third-order valence-electron chi connectivity index (χ3n) is 2.69. The summed E-state index contributed by atoms with van der Waals surface area (Å²) in [6.45, 7) is 0.344. The minimum absolute atomic E-state index is 0.149. The summed E-state index contributed by atoms with van der Waals surface area (Å²) in [7, 11) is -1.28. The maximum absolute atomic E-state index is 13.7. The fourth-order valence-electron chi connectivity index (χ4n) is 1.70. The van der Waals surface area contributed by atoms with Crippen molar-refractivity contribution in [2.45, 2.75) is 17.2 Å². The summed E-state index contributed by atoms with van der Waals surface area (Å²) in [6.07, 6.45) is 0. The van der Waals surface area contributed by atoms with E-state index in [2.05, 4.69) is 15.9 Å². The topological polar surface area (TPSA) is 43.1 Å². The van der Waals surface area contributed by atoms with Gasteiger partial charge in [0.25, 0.3) is 0 Å². The standard InChI is InChI=1S/C14H13BrFNOS/c15-12-2-1-3-13(7-12)19(18)9-11-6-10(8-17)4-5-14(11)16/h1-7H,8-9,17H2. The number of hydrogen-bond donors (Lipinski definition) is 1. The minimum atomic E-state index is -1.28. The van der Waals surface area contributed by atoms with E-state index < -0.39 is 10.8 Å². The van der Waals surface area contributed by atoms with Crippen molar-refractivity contribution >= 4 is 26.7 Å². The van der Waals surface area contributed by atoms with E-state index in [-0.39, 0.29) is 11.6 Å². The lowest BCUT2D eigenvalue weighted by atomic mass is 10.1. The summed E-state index contributed by atoms with van der Waals surface area (Å²) in [5.41, 5.74) is 6.79. The second-order valence-corrected chi connectivity index (χ2v) is 6.44. The molecule has 1 unspecified atom stereocenters. The number of benzene rings is 2. The Kier molecular flexibility index (Phi) is 4.85. The fourth-order valence-corrected chi connectivity index (χ4v) is 3.41. The molecule has 100 valence electrons. The van der Waals surface area contributed by atoms with Gasteiger partial charge in [0.1, 0.15) is 5.82 Å². The average molecular weight is 342 g/mol. The molecule has 1 atom stereocenters. The third kappa shape index (κ3) is 3.72. The van der Waals surface area contributed by atoms with Gasteiger partial charge in [0, 0.05) is 21.5 Å². The van der Waals surface area contributed by atoms with Crippen molar-refractivity contribution in [2.75, 3.05) is 0 Å². The van der Waals surface area contributed by atoms with Crippen molar-refractivity contribution in [3.05, 3.63) is 63.9 Å². The zero-order chi connectivity index (χ0) is 13.8. The number of nitrogens with two attached hydrogens (primary N) is 1. The van der Waals surface area contributed by atoms with Crippen LogP contribution < -0.4 is 5.73 Å². The highest BCUT2D eigenvalue weighted by Crippen LogP contribution is 2.19. The highest BCUT2D eigenvalue weighted by Gasteiger charge is 2.10. The summed E-state index contributed by atoms with van der Waals surface area (Å²) in [6, 6.07) is 11.9. The highest BCUT2D eigenvalue weighted by atomic mass is 79.9. The van der Waals surface area contributed by atoms with Crippen LogP contribution in [0, 0.1) is 5.82 Å². The van der Waals surface area contributed by atoms with E-state index in [0.717, 1.165) is 10.0 Å². The number of rotatable bonds is 4. The quantitative estimate of drug-likeness (QED) is 0.926. The molecule has 0 fully saturated rings. The first-order valence-corrected chi connectivity index (χ1v) is 7.82. The Hall–Kier alpha value is -1.04. The highest BCUT2D eigenvalue weighted by molar-refractivity contribution is 9.10. The van der Waals surface area contributed by atoms with Gasteiger partial charge in [0.05, 0.1) is 16.6 Å². The van der Waals surface area contributed by atoms with Crippen molar-refractivity contribution in [1.29, 1.82) is 0 Å². The van der Waals surface area contributed by atoms with Gasteiger partial charge in [-0.25, -0.2) is 4.39 Å². The SMILES string of the molecule is NCc1ccc(F)c(CS(=O)c2cccc(Br)c2)c1. The normalized spacial score (nSPS) is 12.4. The zero-order valence-electron chi connectivity index (χ0n) is 10.1. The van der Waals surface area contributed by atoms with E-state index in [9.17, 15) is 8.60 Å². The lowest BCUT2D eigenvalue weighted by Crippen LogP contribution is -2.02. The van der Waals surface area contributed by atoms with Crippen LogP contribution in [0.1, 0.15) is 11.1 Å². The summed E-state index contributed by atoms with van der Waals surface area (Å²) in [5.74, 6) is -0.198. The Morgan fingerprint density at radius 2 is 2.00 bits per heavy atom. The van der Waals surface area contributed by atoms with E-state index >= 15 is 0 Å². The molecule has 2 nitrogen and oxygen atoms in total. The third-order valence-corrected chi connectivity index (χ3v) is 4.54. The molecular formula is C14H13BrFNOS. The molecule has 2 aromatic rings. The van der Waals surface area contributed by atoms with Crippen LogP contribution in [-0.2, 0) is 23.1 Å². The molecule has 0 aliphatic rings. The lowest BCUT2D eigenvalue weighted by molar-refractivity contribution is 0.614. The molecule has 0 bridgehead atoms. The minimum Gasteiger partial charge on any atom is -0.326 e. The van der Waals surface area contributed by atoms with Crippen LogP contribution in [0.4, 0.5) is 4.39 Å². The predicted molar refractivity (Wildman–Crippen MR) is 78.5 cm³/mol. The van der Waals surface area contributed by atoms with Gasteiger partial charge in [-0.2, -0.15) is 0 Å². The van der Waals surface area contributed by atoms with Gasteiger partial charge in [-0.15, -0.1) is 0 Å². The number of hydrogen-bond acceptors (Lipinski definition) is 2. The molecule has 0 saturated carbocycles. The maximum Gasteiger partial charge on any atom is 0.127 e. The molecule has 0 heterocycles. The van der Waals surface area contributed by atoms with E-state index in [1.54, 1.807) is 24.3 Å². The molecule has 0 saturated heterocycles. The zero-order valence-corrected chi connectivity index (χ0v) is 12.5. The number of halogens is 2. The van der Waals surface area contributed by atoms with Crippen LogP contribution in [-0.4, -0.2) is 4.21 Å². The predicted octanol–water partition coefficient (Wildman–Crippen LogP) is 3.35. The van der Waals surface area contributed by atoms with Gasteiger partial charge in [0.2, 0.25) is 0 Å². The first-order chi connectivity index (χ1) is 9.10. The van der Waals surface area contributed by atoms with E-state index in [1.807, 2.05) is 12.1 Å². The second-order valence-electron chi connectivity index (χ2n) is 4.08. The van der Waals surface area contributed by atoms with Crippen molar-refractivity contribution in [3.8, 4) is 0 Å². The maximum atomic E-state index is 13.7. The van der Waals surface area contributed by atoms with Crippen molar-refractivity contribution < 1.29 is 8.60 Å². The molecule has 19 heavy (non-hydrogen) atoms. The van der Waals surface area contributed by atoms with Gasteiger partial charge in [-0.3, -0.25) is 4.21 Å². The molecule has 0 radical (unpaired) electrons. The molecule has 2 rings (SSSR count). The molecule has 2 N–H and O–H groups in total. The van der Waals surface area contributed by atoms with E-state index in [1.165, 1.54) is 6.07 Å². The van der Waals surface area contributed by atoms with Crippen LogP contribution in [0.2, 0.25) is 0 Å². The van der Waals surface area contributed by atoms with Crippen LogP contribution in [0.15, 0.2) is 51.8 Å². The van der Waals surface area contributed by atoms with Gasteiger partial charge in [0.15, 0.2) is 0 Å². The lowest BCUT2D eigenvalue weighted by Gasteiger charge is -2.06. The summed E-state index contributed by atoms with van der Waals surface area (Å²) >= 11 is 3.33. The van der Waals surface area contributed by atoms with Gasteiger partial charge in [-0.05, 0) is 29.8 Å². The van der Waals surface area contributed by atoms with Crippen LogP contribution in [0.3, 0.4) is 0 Å². The Morgan fingerprint density at radius 1 is 1.21 bits per heavy atom. The summed E-state index contributed by atoms with van der Waals surface area (Å²) in [4.78, 5) is 0.673. The van der Waals surface area contributed by atoms with E-state index in [0.29, 0.717) is 17.0 Å². The van der Waals surface area contributed by atoms with Crippen LogP contribution in [0.25, 0.3) is 0 Å². The van der Waals surface area contributed by atoms with Gasteiger partial charge >= 0.3 is 0 Å². The van der Waals surface area contributed by atoms with Crippen molar-refractivity contribution in [3.63, 3.8) is 0 Å². The molecule has 5 heteroatoms. The molecule has 0 aromatic heterocycles. The Morgan fingerprint density at radius 3 is 2.68 bits per heavy atom. The first kappa shape index (κ1) is 14.4.